The van der Waals surface area contributed by atoms with Gasteiger partial charge in [0, 0.05) is 5.56 Å². The van der Waals surface area contributed by atoms with Gasteiger partial charge in [-0.2, -0.15) is 0 Å². The molecule has 3 heteroatoms. The van der Waals surface area contributed by atoms with Crippen LogP contribution >= 0.6 is 0 Å². The van der Waals surface area contributed by atoms with Crippen molar-refractivity contribution < 1.29 is 9.15 Å². The fraction of sp³-hybridized carbons (Fsp3) is 0.333. The van der Waals surface area contributed by atoms with Crippen LogP contribution in [0.5, 0.6) is 5.75 Å². The summed E-state index contributed by atoms with van der Waals surface area (Å²) in [5.41, 5.74) is 8.23. The zero-order chi connectivity index (χ0) is 13.0. The Balaban J connectivity index is 2.09. The fourth-order valence-electron chi connectivity index (χ4n) is 1.81. The van der Waals surface area contributed by atoms with E-state index in [9.17, 15) is 0 Å². The van der Waals surface area contributed by atoms with E-state index >= 15 is 0 Å². The molecule has 2 aromatic rings. The van der Waals surface area contributed by atoms with E-state index in [2.05, 4.69) is 6.92 Å². The lowest BCUT2D eigenvalue weighted by Gasteiger charge is -2.11. The number of hydrogen-bond acceptors (Lipinski definition) is 3. The first kappa shape index (κ1) is 12.7. The second kappa shape index (κ2) is 5.74. The van der Waals surface area contributed by atoms with Crippen molar-refractivity contribution in [3.8, 4) is 5.75 Å². The normalized spacial score (nSPS) is 12.4. The Morgan fingerprint density at radius 2 is 1.94 bits per heavy atom. The molecule has 0 aliphatic heterocycles. The molecule has 0 bridgehead atoms. The number of furan rings is 1. The summed E-state index contributed by atoms with van der Waals surface area (Å²) < 4.78 is 10.8. The zero-order valence-corrected chi connectivity index (χ0v) is 10.8. The lowest BCUT2D eigenvalue weighted by atomic mass is 10.0. The predicted molar refractivity (Wildman–Crippen MR) is 71.7 cm³/mol. The van der Waals surface area contributed by atoms with Gasteiger partial charge in [0.2, 0.25) is 0 Å². The lowest BCUT2D eigenvalue weighted by Crippen LogP contribution is -2.10. The first-order valence-corrected chi connectivity index (χ1v) is 6.24. The molecule has 18 heavy (non-hydrogen) atoms. The van der Waals surface area contributed by atoms with Crippen molar-refractivity contribution in [2.45, 2.75) is 26.3 Å². The maximum atomic E-state index is 6.18. The molecular formula is C15H19NO2. The minimum Gasteiger partial charge on any atom is -0.494 e. The Morgan fingerprint density at radius 3 is 2.50 bits per heavy atom. The van der Waals surface area contributed by atoms with E-state index in [-0.39, 0.29) is 6.04 Å². The predicted octanol–water partition coefficient (Wildman–Crippen LogP) is 3.42. The van der Waals surface area contributed by atoms with Crippen LogP contribution in [0.4, 0.5) is 0 Å². The Kier molecular flexibility index (Phi) is 4.05. The van der Waals surface area contributed by atoms with Crippen molar-refractivity contribution in [3.63, 3.8) is 0 Å². The Labute approximate surface area is 108 Å². The van der Waals surface area contributed by atoms with Crippen LogP contribution in [0.25, 0.3) is 0 Å². The summed E-state index contributed by atoms with van der Waals surface area (Å²) in [6, 6.07) is 9.72. The summed E-state index contributed by atoms with van der Waals surface area (Å²) in [5, 5.41) is 0. The SMILES string of the molecule is CCCOc1ccc(C(N)c2coc(C)c2)cc1. The number of nitrogens with two attached hydrogens (primary N) is 1. The summed E-state index contributed by atoms with van der Waals surface area (Å²) in [7, 11) is 0. The molecule has 3 nitrogen and oxygen atoms in total. The molecule has 0 saturated carbocycles. The topological polar surface area (TPSA) is 48.4 Å². The van der Waals surface area contributed by atoms with Gasteiger partial charge in [-0.1, -0.05) is 19.1 Å². The van der Waals surface area contributed by atoms with Crippen molar-refractivity contribution >= 4 is 0 Å². The molecule has 0 fully saturated rings. The van der Waals surface area contributed by atoms with E-state index in [1.807, 2.05) is 37.3 Å². The molecule has 0 radical (unpaired) electrons. The van der Waals surface area contributed by atoms with E-state index < -0.39 is 0 Å². The number of hydrogen-bond donors (Lipinski definition) is 1. The van der Waals surface area contributed by atoms with Crippen molar-refractivity contribution in [2.24, 2.45) is 5.73 Å². The third-order valence-electron chi connectivity index (χ3n) is 2.82. The van der Waals surface area contributed by atoms with E-state index in [1.54, 1.807) is 6.26 Å². The van der Waals surface area contributed by atoms with Gasteiger partial charge in [0.1, 0.15) is 11.5 Å². The molecule has 1 aromatic carbocycles. The smallest absolute Gasteiger partial charge is 0.119 e. The van der Waals surface area contributed by atoms with Gasteiger partial charge in [-0.25, -0.2) is 0 Å². The van der Waals surface area contributed by atoms with E-state index in [4.69, 9.17) is 14.9 Å². The van der Waals surface area contributed by atoms with Crippen LogP contribution in [-0.4, -0.2) is 6.61 Å². The highest BCUT2D eigenvalue weighted by atomic mass is 16.5. The van der Waals surface area contributed by atoms with Crippen LogP contribution in [-0.2, 0) is 0 Å². The molecule has 0 aliphatic rings. The van der Waals surface area contributed by atoms with Gasteiger partial charge in [-0.3, -0.25) is 0 Å². The van der Waals surface area contributed by atoms with Crippen LogP contribution in [0, 0.1) is 6.92 Å². The molecule has 2 rings (SSSR count). The lowest BCUT2D eigenvalue weighted by molar-refractivity contribution is 0.317. The molecule has 0 saturated heterocycles. The molecule has 0 amide bonds. The number of benzene rings is 1. The molecule has 0 aliphatic carbocycles. The Morgan fingerprint density at radius 1 is 1.22 bits per heavy atom. The maximum absolute atomic E-state index is 6.18. The van der Waals surface area contributed by atoms with Crippen molar-refractivity contribution in [1.82, 2.24) is 0 Å². The van der Waals surface area contributed by atoms with Crippen molar-refractivity contribution in [2.75, 3.05) is 6.61 Å². The third kappa shape index (κ3) is 2.93. The summed E-state index contributed by atoms with van der Waals surface area (Å²) in [6.07, 6.45) is 2.72. The molecule has 1 heterocycles. The number of ether oxygens (including phenoxy) is 1. The standard InChI is InChI=1S/C15H19NO2/c1-3-8-17-14-6-4-12(5-7-14)15(16)13-9-11(2)18-10-13/h4-7,9-10,15H,3,8,16H2,1-2H3. The molecule has 0 spiro atoms. The number of rotatable bonds is 5. The van der Waals surface area contributed by atoms with Gasteiger partial charge >= 0.3 is 0 Å². The van der Waals surface area contributed by atoms with Crippen molar-refractivity contribution in [3.05, 3.63) is 53.5 Å². The van der Waals surface area contributed by atoms with Crippen LogP contribution in [0.3, 0.4) is 0 Å². The van der Waals surface area contributed by atoms with Gasteiger partial charge < -0.3 is 14.9 Å². The first-order chi connectivity index (χ1) is 8.70. The van der Waals surface area contributed by atoms with E-state index in [1.165, 1.54) is 0 Å². The van der Waals surface area contributed by atoms with Gasteiger partial charge in [0.25, 0.3) is 0 Å². The van der Waals surface area contributed by atoms with Crippen LogP contribution in [0.1, 0.15) is 36.3 Å². The van der Waals surface area contributed by atoms with Gasteiger partial charge in [0.05, 0.1) is 18.9 Å². The minimum atomic E-state index is -0.150. The largest absolute Gasteiger partial charge is 0.494 e. The second-order valence-electron chi connectivity index (χ2n) is 4.39. The average molecular weight is 245 g/mol. The monoisotopic (exact) mass is 245 g/mol. The second-order valence-corrected chi connectivity index (χ2v) is 4.39. The molecule has 1 unspecified atom stereocenters. The summed E-state index contributed by atoms with van der Waals surface area (Å²) in [5.74, 6) is 1.76. The highest BCUT2D eigenvalue weighted by molar-refractivity contribution is 5.34. The Bertz CT molecular complexity index is 487. The maximum Gasteiger partial charge on any atom is 0.119 e. The van der Waals surface area contributed by atoms with E-state index in [0.717, 1.165) is 35.7 Å². The first-order valence-electron chi connectivity index (χ1n) is 6.24. The number of aryl methyl sites for hydroxylation is 1. The molecular weight excluding hydrogens is 226 g/mol. The molecule has 2 N–H and O–H groups in total. The fourth-order valence-corrected chi connectivity index (χ4v) is 1.81. The average Bonchev–Trinajstić information content (AvgIpc) is 2.83. The molecule has 1 aromatic heterocycles. The summed E-state index contributed by atoms with van der Waals surface area (Å²) >= 11 is 0. The minimum absolute atomic E-state index is 0.150. The van der Waals surface area contributed by atoms with Gasteiger partial charge in [-0.05, 0) is 37.1 Å². The third-order valence-corrected chi connectivity index (χ3v) is 2.82. The quantitative estimate of drug-likeness (QED) is 0.878. The summed E-state index contributed by atoms with van der Waals surface area (Å²) in [6.45, 7) is 4.75. The highest BCUT2D eigenvalue weighted by Gasteiger charge is 2.11. The van der Waals surface area contributed by atoms with Gasteiger partial charge in [0.15, 0.2) is 0 Å². The highest BCUT2D eigenvalue weighted by Crippen LogP contribution is 2.23. The van der Waals surface area contributed by atoms with Crippen molar-refractivity contribution in [1.29, 1.82) is 0 Å². The Hall–Kier alpha value is -1.74. The van der Waals surface area contributed by atoms with Crippen LogP contribution in [0.15, 0.2) is 41.0 Å². The molecule has 1 atom stereocenters. The van der Waals surface area contributed by atoms with Crippen LogP contribution < -0.4 is 10.5 Å². The van der Waals surface area contributed by atoms with Gasteiger partial charge in [-0.15, -0.1) is 0 Å². The van der Waals surface area contributed by atoms with E-state index in [0.29, 0.717) is 0 Å². The zero-order valence-electron chi connectivity index (χ0n) is 10.8. The summed E-state index contributed by atoms with van der Waals surface area (Å²) in [4.78, 5) is 0. The van der Waals surface area contributed by atoms with Crippen LogP contribution in [0.2, 0.25) is 0 Å². The molecule has 96 valence electrons.